The molecule has 1 heterocycles. The Bertz CT molecular complexity index is 548. The van der Waals surface area contributed by atoms with Crippen molar-refractivity contribution in [2.24, 2.45) is 0 Å². The van der Waals surface area contributed by atoms with Crippen molar-refractivity contribution in [1.82, 2.24) is 4.90 Å². The van der Waals surface area contributed by atoms with E-state index in [1.165, 1.54) is 0 Å². The molecule has 1 aromatic rings. The third-order valence-electron chi connectivity index (χ3n) is 3.99. The van der Waals surface area contributed by atoms with E-state index in [4.69, 9.17) is 9.47 Å². The first kappa shape index (κ1) is 18.5. The highest BCUT2D eigenvalue weighted by Gasteiger charge is 2.38. The summed E-state index contributed by atoms with van der Waals surface area (Å²) in [4.78, 5) is 14.4. The van der Waals surface area contributed by atoms with Gasteiger partial charge in [0, 0.05) is 0 Å². The predicted octanol–water partition coefficient (Wildman–Crippen LogP) is 4.55. The maximum atomic E-state index is 12.6. The fourth-order valence-electron chi connectivity index (χ4n) is 2.97. The van der Waals surface area contributed by atoms with Crippen molar-refractivity contribution in [3.8, 4) is 0 Å². The van der Waals surface area contributed by atoms with Crippen molar-refractivity contribution in [2.45, 2.75) is 64.8 Å². The van der Waals surface area contributed by atoms with E-state index < -0.39 is 5.60 Å². The lowest BCUT2D eigenvalue weighted by atomic mass is 10.2. The standard InChI is InChI=1S/C20H29NO3/c1-5-9-17-12-13-18(21(17)19(22)24-20(2,3)4)15-23-14-16-10-7-6-8-11-16/h5-11,17-18H,12-15H2,1-4H3/b9-5-/t17-,18+/m1/s1. The highest BCUT2D eigenvalue weighted by molar-refractivity contribution is 5.69. The Morgan fingerprint density at radius 1 is 1.25 bits per heavy atom. The normalized spacial score (nSPS) is 21.4. The smallest absolute Gasteiger partial charge is 0.411 e. The van der Waals surface area contributed by atoms with Gasteiger partial charge in [0.15, 0.2) is 0 Å². The SMILES string of the molecule is C/C=C\[C@@H]1CC[C@@H](COCc2ccccc2)N1C(=O)OC(C)(C)C. The Balaban J connectivity index is 1.97. The van der Waals surface area contributed by atoms with Crippen molar-refractivity contribution in [3.05, 3.63) is 48.0 Å². The topological polar surface area (TPSA) is 38.8 Å². The molecule has 1 aliphatic rings. The molecule has 0 bridgehead atoms. The Hall–Kier alpha value is -1.81. The minimum absolute atomic E-state index is 0.0600. The lowest BCUT2D eigenvalue weighted by Gasteiger charge is -2.31. The molecule has 1 aromatic carbocycles. The molecule has 0 aliphatic carbocycles. The maximum absolute atomic E-state index is 12.6. The Kier molecular flexibility index (Phi) is 6.44. The lowest BCUT2D eigenvalue weighted by molar-refractivity contribution is 0.00373. The van der Waals surface area contributed by atoms with Crippen LogP contribution in [0, 0.1) is 0 Å². The van der Waals surface area contributed by atoms with Crippen molar-refractivity contribution < 1.29 is 14.3 Å². The van der Waals surface area contributed by atoms with Crippen LogP contribution >= 0.6 is 0 Å². The van der Waals surface area contributed by atoms with Gasteiger partial charge in [0.1, 0.15) is 5.60 Å². The monoisotopic (exact) mass is 331 g/mol. The summed E-state index contributed by atoms with van der Waals surface area (Å²) in [5, 5.41) is 0. The fraction of sp³-hybridized carbons (Fsp3) is 0.550. The summed E-state index contributed by atoms with van der Waals surface area (Å²) in [6, 6.07) is 10.2. The summed E-state index contributed by atoms with van der Waals surface area (Å²) in [5.74, 6) is 0. The zero-order valence-corrected chi connectivity index (χ0v) is 15.2. The number of nitrogens with zero attached hydrogens (tertiary/aromatic N) is 1. The van der Waals surface area contributed by atoms with E-state index in [9.17, 15) is 4.79 Å². The van der Waals surface area contributed by atoms with Crippen molar-refractivity contribution in [2.75, 3.05) is 6.61 Å². The molecule has 0 aromatic heterocycles. The second-order valence-corrected chi connectivity index (χ2v) is 7.21. The minimum Gasteiger partial charge on any atom is -0.444 e. The van der Waals surface area contributed by atoms with E-state index in [2.05, 4.69) is 6.08 Å². The first-order valence-electron chi connectivity index (χ1n) is 8.66. The second kappa shape index (κ2) is 8.34. The van der Waals surface area contributed by atoms with Crippen LogP contribution in [0.5, 0.6) is 0 Å². The van der Waals surface area contributed by atoms with Crippen molar-refractivity contribution in [3.63, 3.8) is 0 Å². The molecule has 0 saturated carbocycles. The van der Waals surface area contributed by atoms with Gasteiger partial charge in [0.05, 0.1) is 25.3 Å². The van der Waals surface area contributed by atoms with E-state index in [1.54, 1.807) is 0 Å². The van der Waals surface area contributed by atoms with Crippen LogP contribution < -0.4 is 0 Å². The number of allylic oxidation sites excluding steroid dienone is 1. The molecule has 1 amide bonds. The van der Waals surface area contributed by atoms with Crippen molar-refractivity contribution >= 4 is 6.09 Å². The third-order valence-corrected chi connectivity index (χ3v) is 3.99. The quantitative estimate of drug-likeness (QED) is 0.743. The number of carbonyl (C=O) groups excluding carboxylic acids is 1. The Morgan fingerprint density at radius 2 is 1.96 bits per heavy atom. The molecular formula is C20H29NO3. The summed E-state index contributed by atoms with van der Waals surface area (Å²) in [5.41, 5.74) is 0.652. The molecule has 4 heteroatoms. The number of benzene rings is 1. The van der Waals surface area contributed by atoms with Gasteiger partial charge in [-0.15, -0.1) is 0 Å². The molecule has 24 heavy (non-hydrogen) atoms. The van der Waals surface area contributed by atoms with Gasteiger partial charge in [-0.25, -0.2) is 4.79 Å². The Labute approximate surface area is 145 Å². The molecule has 0 unspecified atom stereocenters. The average Bonchev–Trinajstić information content (AvgIpc) is 2.90. The fourth-order valence-corrected chi connectivity index (χ4v) is 2.97. The summed E-state index contributed by atoms with van der Waals surface area (Å²) in [7, 11) is 0. The molecule has 132 valence electrons. The van der Waals surface area contributed by atoms with Crippen LogP contribution in [0.4, 0.5) is 4.79 Å². The number of rotatable bonds is 5. The first-order valence-corrected chi connectivity index (χ1v) is 8.66. The van der Waals surface area contributed by atoms with Gasteiger partial charge in [-0.05, 0) is 46.1 Å². The first-order chi connectivity index (χ1) is 11.4. The summed E-state index contributed by atoms with van der Waals surface area (Å²) in [6.07, 6.45) is 5.69. The van der Waals surface area contributed by atoms with Crippen LogP contribution in [-0.4, -0.2) is 35.3 Å². The molecule has 0 radical (unpaired) electrons. The van der Waals surface area contributed by atoms with Gasteiger partial charge in [-0.3, -0.25) is 4.90 Å². The van der Waals surface area contributed by atoms with Gasteiger partial charge in [0.2, 0.25) is 0 Å². The van der Waals surface area contributed by atoms with Gasteiger partial charge in [0.25, 0.3) is 0 Å². The molecule has 2 atom stereocenters. The second-order valence-electron chi connectivity index (χ2n) is 7.21. The van der Waals surface area contributed by atoms with Crippen LogP contribution in [0.3, 0.4) is 0 Å². The van der Waals surface area contributed by atoms with Crippen molar-refractivity contribution in [1.29, 1.82) is 0 Å². The van der Waals surface area contributed by atoms with Crippen LogP contribution in [0.15, 0.2) is 42.5 Å². The zero-order chi connectivity index (χ0) is 17.6. The van der Waals surface area contributed by atoms with Gasteiger partial charge in [-0.2, -0.15) is 0 Å². The van der Waals surface area contributed by atoms with Crippen LogP contribution in [0.25, 0.3) is 0 Å². The van der Waals surface area contributed by atoms with Gasteiger partial charge >= 0.3 is 6.09 Å². The van der Waals surface area contributed by atoms with Crippen LogP contribution in [0.2, 0.25) is 0 Å². The van der Waals surface area contributed by atoms with E-state index in [0.29, 0.717) is 13.2 Å². The largest absolute Gasteiger partial charge is 0.444 e. The Morgan fingerprint density at radius 3 is 2.58 bits per heavy atom. The summed E-state index contributed by atoms with van der Waals surface area (Å²) < 4.78 is 11.5. The lowest BCUT2D eigenvalue weighted by Crippen LogP contribution is -2.45. The molecule has 1 aliphatic heterocycles. The maximum Gasteiger partial charge on any atom is 0.411 e. The van der Waals surface area contributed by atoms with E-state index in [1.807, 2.05) is 69.0 Å². The van der Waals surface area contributed by atoms with Gasteiger partial charge in [-0.1, -0.05) is 42.5 Å². The number of carbonyl (C=O) groups is 1. The van der Waals surface area contributed by atoms with Crippen LogP contribution in [0.1, 0.15) is 46.1 Å². The number of amides is 1. The summed E-state index contributed by atoms with van der Waals surface area (Å²) >= 11 is 0. The van der Waals surface area contributed by atoms with Gasteiger partial charge < -0.3 is 9.47 Å². The predicted molar refractivity (Wildman–Crippen MR) is 95.8 cm³/mol. The van der Waals surface area contributed by atoms with E-state index in [0.717, 1.165) is 18.4 Å². The molecule has 4 nitrogen and oxygen atoms in total. The zero-order valence-electron chi connectivity index (χ0n) is 15.2. The summed E-state index contributed by atoms with van der Waals surface area (Å²) in [6.45, 7) is 8.76. The molecule has 2 rings (SSSR count). The number of hydrogen-bond acceptors (Lipinski definition) is 3. The third kappa shape index (κ3) is 5.38. The number of ether oxygens (including phenoxy) is 2. The minimum atomic E-state index is -0.490. The highest BCUT2D eigenvalue weighted by Crippen LogP contribution is 2.28. The molecule has 1 fully saturated rings. The molecular weight excluding hydrogens is 302 g/mol. The molecule has 0 N–H and O–H groups in total. The average molecular weight is 331 g/mol. The molecule has 0 spiro atoms. The van der Waals surface area contributed by atoms with E-state index in [-0.39, 0.29) is 18.2 Å². The molecule has 1 saturated heterocycles. The van der Waals surface area contributed by atoms with E-state index >= 15 is 0 Å². The number of likely N-dealkylation sites (tertiary alicyclic amines) is 1. The number of hydrogen-bond donors (Lipinski definition) is 0. The highest BCUT2D eigenvalue weighted by atomic mass is 16.6. The van der Waals surface area contributed by atoms with Crippen LogP contribution in [-0.2, 0) is 16.1 Å².